The molecule has 2 atom stereocenters. The number of carboxylic acids is 1. The molecule has 4 rings (SSSR count). The van der Waals surface area contributed by atoms with Crippen molar-refractivity contribution in [2.45, 2.75) is 51.1 Å². The molecule has 0 aromatic carbocycles. The summed E-state index contributed by atoms with van der Waals surface area (Å²) < 4.78 is 0. The predicted octanol–water partition coefficient (Wildman–Crippen LogP) is -1.87. The van der Waals surface area contributed by atoms with Gasteiger partial charge in [0.2, 0.25) is 17.7 Å². The van der Waals surface area contributed by atoms with Crippen LogP contribution in [0, 0.1) is 11.3 Å². The third kappa shape index (κ3) is 13.5. The quantitative estimate of drug-likeness (QED) is 0.101. The first-order valence-corrected chi connectivity index (χ1v) is 16.0. The van der Waals surface area contributed by atoms with Gasteiger partial charge in [0, 0.05) is 84.3 Å². The number of likely N-dealkylation sites (N-methyl/N-ethyl adjacent to an activating group) is 1. The van der Waals surface area contributed by atoms with Crippen molar-refractivity contribution in [2.24, 2.45) is 11.7 Å². The van der Waals surface area contributed by atoms with Crippen LogP contribution in [-0.4, -0.2) is 155 Å². The number of carbonyl (C=O) groups excluding carboxylic acids is 4. The molecular weight excluding hydrogens is 610 g/mol. The third-order valence-electron chi connectivity index (χ3n) is 8.14. The van der Waals surface area contributed by atoms with Gasteiger partial charge in [-0.3, -0.25) is 39.3 Å². The number of carbonyl (C=O) groups is 5. The van der Waals surface area contributed by atoms with E-state index in [0.717, 1.165) is 65.3 Å². The standard InChI is InChI=1S/C28H45N11O4.C2H4O2/c1-36-11-13-37(14-12-36)19-25(41)35-22(15-24(40)34-16-20-3-2-9-38(18-20)28(29)30)27(43)39(21-4-5-21)10-8-33-26(42)23-17-31-6-7-32-23;1-2(3)4/h6-7,17,20-22H,2-5,8-16,18-19H2,1H3,(H3,29,30)(H,33,42)(H,34,40)(H,35,41);1H3,(H,3,4)/t20-,22-;/m0./s1. The summed E-state index contributed by atoms with van der Waals surface area (Å²) in [7, 11) is 2.04. The first kappa shape index (κ1) is 37.1. The SMILES string of the molecule is CC(=O)O.CN1CCN(CC(=O)N[C@@H](CC(=O)NC[C@@H]2CCCN(C(=N)N)C2)C(=O)N(CCNC(=O)c2cnccn2)C2CC2)CC1. The van der Waals surface area contributed by atoms with Crippen molar-refractivity contribution in [1.29, 1.82) is 5.41 Å². The number of rotatable bonds is 13. The number of hydrogen-bond donors (Lipinski definition) is 6. The van der Waals surface area contributed by atoms with Crippen LogP contribution in [0.1, 0.15) is 49.5 Å². The van der Waals surface area contributed by atoms with Crippen molar-refractivity contribution in [3.63, 3.8) is 0 Å². The van der Waals surface area contributed by atoms with Gasteiger partial charge in [-0.05, 0) is 38.6 Å². The number of nitrogens with two attached hydrogens (primary N) is 1. The number of carboxylic acid groups (broad SMARTS) is 1. The van der Waals surface area contributed by atoms with Crippen molar-refractivity contribution < 1.29 is 29.1 Å². The molecule has 3 heterocycles. The first-order valence-electron chi connectivity index (χ1n) is 16.0. The lowest BCUT2D eigenvalue weighted by molar-refractivity contribution is -0.139. The Morgan fingerprint density at radius 2 is 1.77 bits per heavy atom. The Morgan fingerprint density at radius 3 is 2.38 bits per heavy atom. The normalized spacial score (nSPS) is 18.9. The van der Waals surface area contributed by atoms with Gasteiger partial charge >= 0.3 is 0 Å². The number of hydrogen-bond acceptors (Lipinski definition) is 10. The molecule has 47 heavy (non-hydrogen) atoms. The van der Waals surface area contributed by atoms with E-state index >= 15 is 0 Å². The molecule has 0 radical (unpaired) electrons. The minimum atomic E-state index is -1.03. The zero-order chi connectivity index (χ0) is 34.3. The Morgan fingerprint density at radius 1 is 1.06 bits per heavy atom. The highest BCUT2D eigenvalue weighted by Gasteiger charge is 2.37. The van der Waals surface area contributed by atoms with Gasteiger partial charge in [-0.15, -0.1) is 0 Å². The minimum absolute atomic E-state index is 0.000756. The maximum Gasteiger partial charge on any atom is 0.300 e. The summed E-state index contributed by atoms with van der Waals surface area (Å²) >= 11 is 0. The number of likely N-dealkylation sites (tertiary alicyclic amines) is 1. The van der Waals surface area contributed by atoms with Crippen LogP contribution < -0.4 is 21.7 Å². The summed E-state index contributed by atoms with van der Waals surface area (Å²) in [6.07, 6.45) is 7.54. The van der Waals surface area contributed by atoms with Crippen LogP contribution >= 0.6 is 0 Å². The summed E-state index contributed by atoms with van der Waals surface area (Å²) in [5.74, 6) is -2.02. The summed E-state index contributed by atoms with van der Waals surface area (Å²) in [6, 6.07) is -1.03. The van der Waals surface area contributed by atoms with E-state index in [1.165, 1.54) is 18.6 Å². The van der Waals surface area contributed by atoms with Crippen molar-refractivity contribution >= 4 is 35.6 Å². The van der Waals surface area contributed by atoms with E-state index in [2.05, 4.69) is 30.8 Å². The van der Waals surface area contributed by atoms with E-state index in [1.54, 1.807) is 9.80 Å². The smallest absolute Gasteiger partial charge is 0.300 e. The number of aliphatic carboxylic acids is 1. The Bertz CT molecular complexity index is 1220. The molecule has 7 N–H and O–H groups in total. The highest BCUT2D eigenvalue weighted by Crippen LogP contribution is 2.27. The molecule has 0 spiro atoms. The van der Waals surface area contributed by atoms with Crippen molar-refractivity contribution in [2.75, 3.05) is 72.5 Å². The number of nitrogens with one attached hydrogen (secondary N) is 4. The molecule has 1 aromatic heterocycles. The number of nitrogens with zero attached hydrogens (tertiary/aromatic N) is 6. The Labute approximate surface area is 275 Å². The molecule has 1 saturated carbocycles. The molecule has 1 aromatic rings. The van der Waals surface area contributed by atoms with Crippen LogP contribution in [0.25, 0.3) is 0 Å². The fraction of sp³-hybridized carbons (Fsp3) is 0.667. The summed E-state index contributed by atoms with van der Waals surface area (Å²) in [4.78, 5) is 77.0. The highest BCUT2D eigenvalue weighted by atomic mass is 16.4. The molecule has 3 fully saturated rings. The fourth-order valence-corrected chi connectivity index (χ4v) is 5.47. The van der Waals surface area contributed by atoms with E-state index in [1.807, 2.05) is 11.9 Å². The maximum absolute atomic E-state index is 13.8. The zero-order valence-corrected chi connectivity index (χ0v) is 27.3. The molecule has 17 nitrogen and oxygen atoms in total. The number of amides is 4. The Hall–Kier alpha value is -4.38. The van der Waals surface area contributed by atoms with Crippen molar-refractivity contribution in [3.8, 4) is 0 Å². The average Bonchev–Trinajstić information content (AvgIpc) is 3.88. The molecule has 3 aliphatic rings. The molecule has 0 bridgehead atoms. The molecule has 0 unspecified atom stereocenters. The molecule has 2 saturated heterocycles. The number of aromatic nitrogens is 2. The largest absolute Gasteiger partial charge is 0.481 e. The number of guanidine groups is 1. The van der Waals surface area contributed by atoms with Crippen LogP contribution in [0.3, 0.4) is 0 Å². The van der Waals surface area contributed by atoms with E-state index in [0.29, 0.717) is 13.1 Å². The van der Waals surface area contributed by atoms with Crippen LogP contribution in [0.15, 0.2) is 18.6 Å². The highest BCUT2D eigenvalue weighted by molar-refractivity contribution is 5.93. The summed E-state index contributed by atoms with van der Waals surface area (Å²) in [5, 5.41) is 23.7. The van der Waals surface area contributed by atoms with Gasteiger partial charge in [-0.1, -0.05) is 0 Å². The van der Waals surface area contributed by atoms with E-state index in [-0.39, 0.29) is 67.4 Å². The van der Waals surface area contributed by atoms with E-state index in [4.69, 9.17) is 21.0 Å². The molecule has 1 aliphatic carbocycles. The second-order valence-electron chi connectivity index (χ2n) is 12.2. The van der Waals surface area contributed by atoms with Gasteiger partial charge in [0.25, 0.3) is 11.9 Å². The number of piperidine rings is 1. The Balaban J connectivity index is 0.00000142. The minimum Gasteiger partial charge on any atom is -0.481 e. The predicted molar refractivity (Wildman–Crippen MR) is 172 cm³/mol. The van der Waals surface area contributed by atoms with Crippen molar-refractivity contribution in [1.82, 2.24) is 45.5 Å². The third-order valence-corrected chi connectivity index (χ3v) is 8.14. The average molecular weight is 660 g/mol. The van der Waals surface area contributed by atoms with Crippen LogP contribution in [0.5, 0.6) is 0 Å². The topological polar surface area (TPSA) is 230 Å². The molecule has 17 heteroatoms. The van der Waals surface area contributed by atoms with Gasteiger partial charge in [0.1, 0.15) is 11.7 Å². The van der Waals surface area contributed by atoms with Gasteiger partial charge in [-0.25, -0.2) is 4.98 Å². The van der Waals surface area contributed by atoms with Crippen LogP contribution in [-0.2, 0) is 19.2 Å². The lowest BCUT2D eigenvalue weighted by atomic mass is 9.98. The second kappa shape index (κ2) is 18.7. The maximum atomic E-state index is 13.8. The Kier molecular flexibility index (Phi) is 14.7. The molecular formula is C30H49N11O6. The van der Waals surface area contributed by atoms with Gasteiger partial charge < -0.3 is 41.5 Å². The first-order chi connectivity index (χ1) is 22.4. The zero-order valence-electron chi connectivity index (χ0n) is 27.3. The molecule has 4 amide bonds. The number of piperazine rings is 1. The van der Waals surface area contributed by atoms with Crippen LogP contribution in [0.2, 0.25) is 0 Å². The van der Waals surface area contributed by atoms with Gasteiger partial charge in [0.15, 0.2) is 5.96 Å². The molecule has 260 valence electrons. The van der Waals surface area contributed by atoms with Gasteiger partial charge in [0.05, 0.1) is 19.2 Å². The van der Waals surface area contributed by atoms with E-state index in [9.17, 15) is 19.2 Å². The lowest BCUT2D eigenvalue weighted by Gasteiger charge is -2.33. The second-order valence-corrected chi connectivity index (χ2v) is 12.2. The van der Waals surface area contributed by atoms with E-state index < -0.39 is 17.9 Å². The van der Waals surface area contributed by atoms with Crippen LogP contribution in [0.4, 0.5) is 0 Å². The lowest BCUT2D eigenvalue weighted by Crippen LogP contribution is -2.55. The molecule has 2 aliphatic heterocycles. The summed E-state index contributed by atoms with van der Waals surface area (Å²) in [5.41, 5.74) is 5.83. The van der Waals surface area contributed by atoms with Gasteiger partial charge in [-0.2, -0.15) is 0 Å². The van der Waals surface area contributed by atoms with Crippen molar-refractivity contribution in [3.05, 3.63) is 24.3 Å². The fourth-order valence-electron chi connectivity index (χ4n) is 5.47. The monoisotopic (exact) mass is 659 g/mol. The summed E-state index contributed by atoms with van der Waals surface area (Å²) in [6.45, 7) is 6.61.